The van der Waals surface area contributed by atoms with Crippen LogP contribution in [0.15, 0.2) is 12.3 Å². The van der Waals surface area contributed by atoms with Crippen LogP contribution in [0.5, 0.6) is 0 Å². The molecule has 1 unspecified atom stereocenters. The minimum absolute atomic E-state index is 0.734. The van der Waals surface area contributed by atoms with Crippen molar-refractivity contribution in [1.29, 1.82) is 0 Å². The van der Waals surface area contributed by atoms with E-state index in [0.29, 0.717) is 0 Å². The quantitative estimate of drug-likeness (QED) is 0.868. The van der Waals surface area contributed by atoms with Gasteiger partial charge in [0, 0.05) is 25.8 Å². The topological polar surface area (TPSA) is 41.1 Å². The van der Waals surface area contributed by atoms with Crippen LogP contribution in [-0.2, 0) is 0 Å². The summed E-state index contributed by atoms with van der Waals surface area (Å²) in [6.07, 6.45) is 3.11. The van der Waals surface area contributed by atoms with E-state index in [9.17, 15) is 0 Å². The minimum atomic E-state index is 0.734. The molecule has 0 saturated carbocycles. The fourth-order valence-electron chi connectivity index (χ4n) is 2.31. The number of anilines is 2. The fourth-order valence-corrected chi connectivity index (χ4v) is 2.31. The number of nitrogens with one attached hydrogen (secondary N) is 1. The monoisotopic (exact) mass is 234 g/mol. The van der Waals surface area contributed by atoms with Crippen LogP contribution in [0.4, 0.5) is 11.8 Å². The molecule has 0 amide bonds. The predicted octanol–water partition coefficient (Wildman–Crippen LogP) is 2.39. The molecular weight excluding hydrogens is 212 g/mol. The maximum absolute atomic E-state index is 4.54. The zero-order valence-electron chi connectivity index (χ0n) is 11.0. The van der Waals surface area contributed by atoms with Gasteiger partial charge in [0.25, 0.3) is 0 Å². The Morgan fingerprint density at radius 3 is 3.00 bits per heavy atom. The standard InChI is InChI=1S/C13H22N4/c1-4-14-13-15-7-5-12(16-13)17-8-6-11(9-17)10(2)3/h5,7,10-11H,4,6,8-9H2,1-3H3,(H,14,15,16). The van der Waals surface area contributed by atoms with Crippen molar-refractivity contribution in [2.45, 2.75) is 27.2 Å². The Labute approximate surface area is 103 Å². The molecule has 1 aliphatic heterocycles. The van der Waals surface area contributed by atoms with Gasteiger partial charge in [-0.1, -0.05) is 13.8 Å². The highest BCUT2D eigenvalue weighted by atomic mass is 15.2. The van der Waals surface area contributed by atoms with Crippen LogP contribution in [0.2, 0.25) is 0 Å². The van der Waals surface area contributed by atoms with Crippen LogP contribution in [0.1, 0.15) is 27.2 Å². The zero-order chi connectivity index (χ0) is 12.3. The molecule has 0 aliphatic carbocycles. The summed E-state index contributed by atoms with van der Waals surface area (Å²) in [5.41, 5.74) is 0. The Kier molecular flexibility index (Phi) is 3.82. The Bertz CT molecular complexity index is 364. The lowest BCUT2D eigenvalue weighted by molar-refractivity contribution is 0.422. The summed E-state index contributed by atoms with van der Waals surface area (Å²) in [5.74, 6) is 3.35. The second-order valence-corrected chi connectivity index (χ2v) is 5.01. The van der Waals surface area contributed by atoms with E-state index in [0.717, 1.165) is 43.2 Å². The Hall–Kier alpha value is -1.32. The Morgan fingerprint density at radius 2 is 2.35 bits per heavy atom. The van der Waals surface area contributed by atoms with Crippen LogP contribution in [0, 0.1) is 11.8 Å². The average Bonchev–Trinajstić information content (AvgIpc) is 2.79. The second-order valence-electron chi connectivity index (χ2n) is 5.01. The molecule has 2 heterocycles. The Balaban J connectivity index is 2.05. The van der Waals surface area contributed by atoms with Crippen molar-refractivity contribution in [1.82, 2.24) is 9.97 Å². The van der Waals surface area contributed by atoms with Gasteiger partial charge < -0.3 is 10.2 Å². The first kappa shape index (κ1) is 12.1. The highest BCUT2D eigenvalue weighted by Gasteiger charge is 2.25. The molecule has 0 aromatic carbocycles. The van der Waals surface area contributed by atoms with E-state index < -0.39 is 0 Å². The lowest BCUT2D eigenvalue weighted by Gasteiger charge is -2.19. The molecular formula is C13H22N4. The molecule has 1 saturated heterocycles. The van der Waals surface area contributed by atoms with Gasteiger partial charge in [-0.15, -0.1) is 0 Å². The highest BCUT2D eigenvalue weighted by molar-refractivity contribution is 5.43. The third-order valence-electron chi connectivity index (χ3n) is 3.47. The fraction of sp³-hybridized carbons (Fsp3) is 0.692. The first-order valence-electron chi connectivity index (χ1n) is 6.52. The summed E-state index contributed by atoms with van der Waals surface area (Å²) in [6, 6.07) is 2.00. The smallest absolute Gasteiger partial charge is 0.224 e. The van der Waals surface area contributed by atoms with Gasteiger partial charge in [-0.25, -0.2) is 4.98 Å². The van der Waals surface area contributed by atoms with Gasteiger partial charge in [-0.2, -0.15) is 4.98 Å². The van der Waals surface area contributed by atoms with Crippen LogP contribution in [0.25, 0.3) is 0 Å². The van der Waals surface area contributed by atoms with Crippen molar-refractivity contribution < 1.29 is 0 Å². The molecule has 0 spiro atoms. The number of hydrogen-bond donors (Lipinski definition) is 1. The molecule has 17 heavy (non-hydrogen) atoms. The molecule has 4 heteroatoms. The highest BCUT2D eigenvalue weighted by Crippen LogP contribution is 2.27. The van der Waals surface area contributed by atoms with E-state index >= 15 is 0 Å². The third-order valence-corrected chi connectivity index (χ3v) is 3.47. The van der Waals surface area contributed by atoms with Crippen LogP contribution < -0.4 is 10.2 Å². The third kappa shape index (κ3) is 2.87. The maximum atomic E-state index is 4.54. The lowest BCUT2D eigenvalue weighted by atomic mass is 9.95. The van der Waals surface area contributed by atoms with Crippen molar-refractivity contribution in [2.75, 3.05) is 29.9 Å². The molecule has 0 bridgehead atoms. The first-order chi connectivity index (χ1) is 8.20. The lowest BCUT2D eigenvalue weighted by Crippen LogP contribution is -2.22. The van der Waals surface area contributed by atoms with E-state index in [4.69, 9.17) is 0 Å². The van der Waals surface area contributed by atoms with Gasteiger partial charge in [-0.3, -0.25) is 0 Å². The molecule has 1 aromatic rings. The van der Waals surface area contributed by atoms with E-state index in [-0.39, 0.29) is 0 Å². The van der Waals surface area contributed by atoms with Gasteiger partial charge in [0.05, 0.1) is 0 Å². The van der Waals surface area contributed by atoms with Gasteiger partial charge in [0.2, 0.25) is 5.95 Å². The van der Waals surface area contributed by atoms with Crippen molar-refractivity contribution in [3.8, 4) is 0 Å². The van der Waals surface area contributed by atoms with Crippen LogP contribution >= 0.6 is 0 Å². The summed E-state index contributed by atoms with van der Waals surface area (Å²) in [4.78, 5) is 11.1. The summed E-state index contributed by atoms with van der Waals surface area (Å²) < 4.78 is 0. The van der Waals surface area contributed by atoms with Gasteiger partial charge in [-0.05, 0) is 31.2 Å². The molecule has 1 aliphatic rings. The Morgan fingerprint density at radius 1 is 1.53 bits per heavy atom. The van der Waals surface area contributed by atoms with Gasteiger partial charge in [0.15, 0.2) is 0 Å². The summed E-state index contributed by atoms with van der Waals surface area (Å²) in [7, 11) is 0. The van der Waals surface area contributed by atoms with E-state index in [2.05, 4.69) is 41.0 Å². The number of rotatable bonds is 4. The van der Waals surface area contributed by atoms with Crippen LogP contribution in [0.3, 0.4) is 0 Å². The molecule has 0 radical (unpaired) electrons. The van der Waals surface area contributed by atoms with Crippen molar-refractivity contribution in [3.63, 3.8) is 0 Å². The predicted molar refractivity (Wildman–Crippen MR) is 71.4 cm³/mol. The summed E-state index contributed by atoms with van der Waals surface area (Å²) >= 11 is 0. The van der Waals surface area contributed by atoms with Gasteiger partial charge in [0.1, 0.15) is 5.82 Å². The van der Waals surface area contributed by atoms with E-state index in [1.807, 2.05) is 12.3 Å². The normalized spacial score (nSPS) is 20.0. The van der Waals surface area contributed by atoms with E-state index in [1.54, 1.807) is 0 Å². The van der Waals surface area contributed by atoms with Crippen molar-refractivity contribution in [2.24, 2.45) is 11.8 Å². The molecule has 4 nitrogen and oxygen atoms in total. The van der Waals surface area contributed by atoms with E-state index in [1.165, 1.54) is 6.42 Å². The minimum Gasteiger partial charge on any atom is -0.356 e. The molecule has 1 fully saturated rings. The molecule has 1 aromatic heterocycles. The zero-order valence-corrected chi connectivity index (χ0v) is 11.0. The van der Waals surface area contributed by atoms with Gasteiger partial charge >= 0.3 is 0 Å². The molecule has 94 valence electrons. The molecule has 1 N–H and O–H groups in total. The van der Waals surface area contributed by atoms with Crippen molar-refractivity contribution in [3.05, 3.63) is 12.3 Å². The molecule has 2 rings (SSSR count). The average molecular weight is 234 g/mol. The number of hydrogen-bond acceptors (Lipinski definition) is 4. The van der Waals surface area contributed by atoms with Crippen LogP contribution in [-0.4, -0.2) is 29.6 Å². The second kappa shape index (κ2) is 5.34. The first-order valence-corrected chi connectivity index (χ1v) is 6.52. The largest absolute Gasteiger partial charge is 0.356 e. The maximum Gasteiger partial charge on any atom is 0.224 e. The molecule has 1 atom stereocenters. The number of nitrogens with zero attached hydrogens (tertiary/aromatic N) is 3. The SMILES string of the molecule is CCNc1nccc(N2CCC(C(C)C)C2)n1. The number of aromatic nitrogens is 2. The summed E-state index contributed by atoms with van der Waals surface area (Å²) in [5, 5.41) is 3.16. The van der Waals surface area contributed by atoms with Crippen molar-refractivity contribution >= 4 is 11.8 Å². The summed E-state index contributed by atoms with van der Waals surface area (Å²) in [6.45, 7) is 9.76.